The maximum absolute atomic E-state index is 13.4. The highest BCUT2D eigenvalue weighted by atomic mass is 16.2. The van der Waals surface area contributed by atoms with Gasteiger partial charge in [0.15, 0.2) is 0 Å². The fraction of sp³-hybridized carbons (Fsp3) is 0.233. The topological polar surface area (TPSA) is 67.2 Å². The second-order valence-corrected chi connectivity index (χ2v) is 9.01. The number of nitrogens with one attached hydrogen (secondary N) is 1. The molecule has 184 valence electrons. The molecule has 0 saturated heterocycles. The van der Waals surface area contributed by atoms with Gasteiger partial charge in [-0.05, 0) is 56.5 Å². The number of aryl methyl sites for hydroxylation is 3. The van der Waals surface area contributed by atoms with Gasteiger partial charge in [-0.1, -0.05) is 73.2 Å². The number of aromatic nitrogens is 2. The molecule has 1 heterocycles. The van der Waals surface area contributed by atoms with Crippen molar-refractivity contribution in [2.45, 2.75) is 34.1 Å². The summed E-state index contributed by atoms with van der Waals surface area (Å²) < 4.78 is 1.77. The Morgan fingerprint density at radius 1 is 0.889 bits per heavy atom. The summed E-state index contributed by atoms with van der Waals surface area (Å²) in [6.45, 7) is 8.32. The fourth-order valence-electron chi connectivity index (χ4n) is 4.32. The zero-order valence-corrected chi connectivity index (χ0v) is 21.3. The van der Waals surface area contributed by atoms with Crippen molar-refractivity contribution in [2.75, 3.05) is 18.4 Å². The largest absolute Gasteiger partial charge is 0.329 e. The molecule has 0 aliphatic heterocycles. The monoisotopic (exact) mass is 480 g/mol. The number of carbonyl (C=O) groups is 2. The van der Waals surface area contributed by atoms with E-state index >= 15 is 0 Å². The number of hydrogen-bond donors (Lipinski definition) is 1. The molecule has 2 amide bonds. The lowest BCUT2D eigenvalue weighted by Gasteiger charge is -2.23. The van der Waals surface area contributed by atoms with Gasteiger partial charge in [-0.15, -0.1) is 0 Å². The van der Waals surface area contributed by atoms with Crippen molar-refractivity contribution in [3.05, 3.63) is 101 Å². The Labute approximate surface area is 212 Å². The third-order valence-electron chi connectivity index (χ3n) is 6.15. The van der Waals surface area contributed by atoms with E-state index in [2.05, 4.69) is 5.32 Å². The van der Waals surface area contributed by atoms with E-state index in [1.165, 1.54) is 0 Å². The molecule has 1 aromatic heterocycles. The first-order valence-corrected chi connectivity index (χ1v) is 12.3. The van der Waals surface area contributed by atoms with Gasteiger partial charge in [0.1, 0.15) is 12.4 Å². The van der Waals surface area contributed by atoms with E-state index in [4.69, 9.17) is 5.10 Å². The second-order valence-electron chi connectivity index (χ2n) is 9.01. The Kier molecular flexibility index (Phi) is 7.64. The van der Waals surface area contributed by atoms with Gasteiger partial charge < -0.3 is 10.2 Å². The summed E-state index contributed by atoms with van der Waals surface area (Å²) in [5, 5.41) is 7.86. The van der Waals surface area contributed by atoms with Crippen LogP contribution in [0.4, 0.5) is 5.82 Å². The molecule has 0 unspecified atom stereocenters. The molecule has 4 aromatic rings. The molecule has 0 fully saturated rings. The summed E-state index contributed by atoms with van der Waals surface area (Å²) in [5.41, 5.74) is 6.12. The molecule has 0 aliphatic carbocycles. The van der Waals surface area contributed by atoms with Crippen LogP contribution < -0.4 is 5.32 Å². The number of nitrogens with zero attached hydrogens (tertiary/aromatic N) is 3. The average Bonchev–Trinajstić information content (AvgIpc) is 3.20. The van der Waals surface area contributed by atoms with E-state index in [9.17, 15) is 9.59 Å². The molecular formula is C30H32N4O2. The predicted molar refractivity (Wildman–Crippen MR) is 144 cm³/mol. The average molecular weight is 481 g/mol. The maximum atomic E-state index is 13.4. The molecule has 0 radical (unpaired) electrons. The van der Waals surface area contributed by atoms with Crippen LogP contribution in [0.1, 0.15) is 40.5 Å². The lowest BCUT2D eigenvalue weighted by molar-refractivity contribution is -0.116. The van der Waals surface area contributed by atoms with E-state index in [0.717, 1.165) is 40.1 Å². The molecular weight excluding hydrogens is 448 g/mol. The highest BCUT2D eigenvalue weighted by Gasteiger charge is 2.23. The van der Waals surface area contributed by atoms with Crippen LogP contribution in [-0.4, -0.2) is 39.6 Å². The highest BCUT2D eigenvalue weighted by molar-refractivity contribution is 6.01. The molecule has 0 atom stereocenters. The molecule has 3 aromatic carbocycles. The number of rotatable bonds is 8. The van der Waals surface area contributed by atoms with Crippen LogP contribution in [0.2, 0.25) is 0 Å². The van der Waals surface area contributed by atoms with Gasteiger partial charge in [0, 0.05) is 17.7 Å². The van der Waals surface area contributed by atoms with Crippen LogP contribution in [0.15, 0.2) is 78.9 Å². The van der Waals surface area contributed by atoms with Crippen LogP contribution in [-0.2, 0) is 4.79 Å². The number of benzene rings is 3. The summed E-state index contributed by atoms with van der Waals surface area (Å²) in [4.78, 5) is 28.3. The maximum Gasteiger partial charge on any atom is 0.254 e. The number of amides is 2. The minimum atomic E-state index is -0.268. The normalized spacial score (nSPS) is 10.8. The van der Waals surface area contributed by atoms with Gasteiger partial charge in [0.25, 0.3) is 5.91 Å². The van der Waals surface area contributed by atoms with Crippen molar-refractivity contribution in [1.82, 2.24) is 14.7 Å². The van der Waals surface area contributed by atoms with Crippen molar-refractivity contribution in [3.8, 4) is 16.8 Å². The van der Waals surface area contributed by atoms with E-state index in [-0.39, 0.29) is 18.4 Å². The summed E-state index contributed by atoms with van der Waals surface area (Å²) in [6.07, 6.45) is 0.751. The van der Waals surface area contributed by atoms with Crippen molar-refractivity contribution in [2.24, 2.45) is 0 Å². The van der Waals surface area contributed by atoms with E-state index < -0.39 is 0 Å². The molecule has 0 bridgehead atoms. The standard InChI is InChI=1S/C30H32N4O2/c1-5-19-33(30(36)26-14-10-9-11-22(26)3)20-27(35)31-29-28(24-12-7-6-8-13-24)23(4)32-34(29)25-17-15-21(2)16-18-25/h6-18H,5,19-20H2,1-4H3,(H,31,35). The molecule has 0 saturated carbocycles. The van der Waals surface area contributed by atoms with Gasteiger partial charge in [-0.2, -0.15) is 5.10 Å². The Balaban J connectivity index is 1.68. The number of carbonyl (C=O) groups excluding carboxylic acids is 2. The quantitative estimate of drug-likeness (QED) is 0.339. The van der Waals surface area contributed by atoms with Gasteiger partial charge in [0.05, 0.1) is 11.4 Å². The van der Waals surface area contributed by atoms with Crippen molar-refractivity contribution < 1.29 is 9.59 Å². The third kappa shape index (κ3) is 5.38. The summed E-state index contributed by atoms with van der Waals surface area (Å²) in [5.74, 6) is 0.180. The van der Waals surface area contributed by atoms with E-state index in [1.807, 2.05) is 107 Å². The number of hydrogen-bond acceptors (Lipinski definition) is 3. The van der Waals surface area contributed by atoms with Crippen LogP contribution in [0, 0.1) is 20.8 Å². The molecule has 4 rings (SSSR count). The minimum Gasteiger partial charge on any atom is -0.329 e. The molecule has 6 heteroatoms. The Morgan fingerprint density at radius 3 is 2.22 bits per heavy atom. The fourth-order valence-corrected chi connectivity index (χ4v) is 4.32. The highest BCUT2D eigenvalue weighted by Crippen LogP contribution is 2.33. The lowest BCUT2D eigenvalue weighted by atomic mass is 10.1. The smallest absolute Gasteiger partial charge is 0.254 e. The van der Waals surface area contributed by atoms with Crippen LogP contribution in [0.3, 0.4) is 0 Å². The van der Waals surface area contributed by atoms with E-state index in [0.29, 0.717) is 17.9 Å². The first kappa shape index (κ1) is 24.9. The van der Waals surface area contributed by atoms with Gasteiger partial charge in [-0.3, -0.25) is 9.59 Å². The molecule has 1 N–H and O–H groups in total. The Morgan fingerprint density at radius 2 is 1.56 bits per heavy atom. The Hall–Kier alpha value is -4.19. The van der Waals surface area contributed by atoms with Gasteiger partial charge in [0.2, 0.25) is 5.91 Å². The van der Waals surface area contributed by atoms with Crippen LogP contribution in [0.5, 0.6) is 0 Å². The summed E-state index contributed by atoms with van der Waals surface area (Å²) in [6, 6.07) is 25.4. The zero-order chi connectivity index (χ0) is 25.7. The van der Waals surface area contributed by atoms with Gasteiger partial charge >= 0.3 is 0 Å². The van der Waals surface area contributed by atoms with Crippen LogP contribution >= 0.6 is 0 Å². The first-order valence-electron chi connectivity index (χ1n) is 12.3. The minimum absolute atomic E-state index is 0.0483. The molecule has 0 spiro atoms. The Bertz CT molecular complexity index is 1360. The third-order valence-corrected chi connectivity index (χ3v) is 6.15. The lowest BCUT2D eigenvalue weighted by Crippen LogP contribution is -2.39. The number of anilines is 1. The van der Waals surface area contributed by atoms with Crippen molar-refractivity contribution >= 4 is 17.6 Å². The second kappa shape index (κ2) is 11.0. The van der Waals surface area contributed by atoms with Crippen molar-refractivity contribution in [3.63, 3.8) is 0 Å². The van der Waals surface area contributed by atoms with Crippen molar-refractivity contribution in [1.29, 1.82) is 0 Å². The summed E-state index contributed by atoms with van der Waals surface area (Å²) >= 11 is 0. The first-order chi connectivity index (χ1) is 17.4. The molecule has 36 heavy (non-hydrogen) atoms. The summed E-state index contributed by atoms with van der Waals surface area (Å²) in [7, 11) is 0. The molecule has 0 aliphatic rings. The predicted octanol–water partition coefficient (Wildman–Crippen LogP) is 5.96. The zero-order valence-electron chi connectivity index (χ0n) is 21.3. The SMILES string of the molecule is CCCN(CC(=O)Nc1c(-c2ccccc2)c(C)nn1-c1ccc(C)cc1)C(=O)c1ccccc1C. The molecule has 6 nitrogen and oxygen atoms in total. The van der Waals surface area contributed by atoms with Crippen LogP contribution in [0.25, 0.3) is 16.8 Å². The van der Waals surface area contributed by atoms with E-state index in [1.54, 1.807) is 9.58 Å². The van der Waals surface area contributed by atoms with Gasteiger partial charge in [-0.25, -0.2) is 4.68 Å².